The maximum absolute atomic E-state index is 12.0. The molecule has 23 heavy (non-hydrogen) atoms. The Balaban J connectivity index is 2.40. The summed E-state index contributed by atoms with van der Waals surface area (Å²) in [6, 6.07) is 0. The van der Waals surface area contributed by atoms with Crippen molar-refractivity contribution in [3.63, 3.8) is 0 Å². The van der Waals surface area contributed by atoms with Crippen molar-refractivity contribution in [2.24, 2.45) is 0 Å². The number of aliphatic hydroxyl groups excluding tert-OH is 2. The number of H-pyrrole nitrogens is 1. The first-order chi connectivity index (χ1) is 10.9. The van der Waals surface area contributed by atoms with Crippen molar-refractivity contribution in [2.75, 3.05) is 13.7 Å². The average molecular weight is 438 g/mol. The second-order valence-corrected chi connectivity index (χ2v) is 6.23. The number of nitrogens with one attached hydrogen (secondary N) is 1. The van der Waals surface area contributed by atoms with Gasteiger partial charge in [0.25, 0.3) is 5.56 Å². The number of hydrogen-bond donors (Lipinski definition) is 3. The molecular weight excluding hydrogens is 423 g/mol. The number of halogens is 1. The molecule has 1 fully saturated rings. The van der Waals surface area contributed by atoms with Gasteiger partial charge in [0.05, 0.1) is 29.3 Å². The number of ether oxygens (including phenoxy) is 2. The van der Waals surface area contributed by atoms with Gasteiger partial charge in [0.2, 0.25) is 0 Å². The molecule has 126 valence electrons. The summed E-state index contributed by atoms with van der Waals surface area (Å²) < 4.78 is 10.5. The standard InChI is InChI=1S/C13H15IN2O7/c1-22-8(18)3-2-6-4-16(13(21)15-11(6)20)12-9(14)10(19)7(5-17)23-12/h2-4,7,9-10,12,17,19H,5H2,1H3,(H,15,20,21)/t7-,9-,10-,12-/m1/s1. The van der Waals surface area contributed by atoms with E-state index in [9.17, 15) is 19.5 Å². The lowest BCUT2D eigenvalue weighted by Crippen LogP contribution is -2.36. The number of nitrogens with zero attached hydrogens (tertiary/aromatic N) is 1. The minimum atomic E-state index is -0.960. The Morgan fingerprint density at radius 1 is 1.57 bits per heavy atom. The largest absolute Gasteiger partial charge is 0.466 e. The minimum absolute atomic E-state index is 0.0455. The molecule has 4 atom stereocenters. The highest BCUT2D eigenvalue weighted by Crippen LogP contribution is 2.33. The molecule has 2 heterocycles. The number of carbonyl (C=O) groups excluding carboxylic acids is 1. The average Bonchev–Trinajstić information content (AvgIpc) is 2.81. The van der Waals surface area contributed by atoms with E-state index >= 15 is 0 Å². The van der Waals surface area contributed by atoms with Gasteiger partial charge < -0.3 is 19.7 Å². The smallest absolute Gasteiger partial charge is 0.330 e. The summed E-state index contributed by atoms with van der Waals surface area (Å²) in [6.45, 7) is -0.398. The number of aromatic amines is 1. The van der Waals surface area contributed by atoms with Gasteiger partial charge in [-0.25, -0.2) is 9.59 Å². The van der Waals surface area contributed by atoms with Gasteiger partial charge >= 0.3 is 11.7 Å². The molecule has 0 bridgehead atoms. The van der Waals surface area contributed by atoms with Crippen molar-refractivity contribution >= 4 is 34.6 Å². The summed E-state index contributed by atoms with van der Waals surface area (Å²) in [5, 5.41) is 19.1. The fraction of sp³-hybridized carbons (Fsp3) is 0.462. The predicted octanol–water partition coefficient (Wildman–Crippen LogP) is -1.22. The fourth-order valence-corrected chi connectivity index (χ4v) is 3.09. The van der Waals surface area contributed by atoms with Crippen LogP contribution in [-0.2, 0) is 14.3 Å². The molecule has 2 rings (SSSR count). The van der Waals surface area contributed by atoms with E-state index < -0.39 is 46.2 Å². The van der Waals surface area contributed by atoms with E-state index in [0.29, 0.717) is 0 Å². The molecule has 10 heteroatoms. The van der Waals surface area contributed by atoms with Crippen LogP contribution in [0.1, 0.15) is 11.8 Å². The predicted molar refractivity (Wildman–Crippen MR) is 87.2 cm³/mol. The Kier molecular flexibility index (Phi) is 5.73. The van der Waals surface area contributed by atoms with Crippen LogP contribution in [0.4, 0.5) is 0 Å². The third kappa shape index (κ3) is 3.71. The van der Waals surface area contributed by atoms with Gasteiger partial charge in [-0.2, -0.15) is 0 Å². The van der Waals surface area contributed by atoms with Crippen molar-refractivity contribution in [2.45, 2.75) is 22.4 Å². The van der Waals surface area contributed by atoms with E-state index in [-0.39, 0.29) is 5.56 Å². The first-order valence-electron chi connectivity index (χ1n) is 6.59. The van der Waals surface area contributed by atoms with Crippen LogP contribution in [0.25, 0.3) is 6.08 Å². The lowest BCUT2D eigenvalue weighted by atomic mass is 10.2. The van der Waals surface area contributed by atoms with Gasteiger partial charge in [-0.3, -0.25) is 14.3 Å². The van der Waals surface area contributed by atoms with Crippen LogP contribution in [0.3, 0.4) is 0 Å². The van der Waals surface area contributed by atoms with Gasteiger partial charge in [-0.1, -0.05) is 22.6 Å². The maximum Gasteiger partial charge on any atom is 0.330 e. The molecule has 0 spiro atoms. The van der Waals surface area contributed by atoms with Gasteiger partial charge in [-0.15, -0.1) is 0 Å². The second-order valence-electron chi connectivity index (χ2n) is 4.79. The van der Waals surface area contributed by atoms with Crippen LogP contribution in [0, 0.1) is 0 Å². The van der Waals surface area contributed by atoms with Crippen LogP contribution >= 0.6 is 22.6 Å². The van der Waals surface area contributed by atoms with E-state index in [1.165, 1.54) is 19.4 Å². The number of alkyl halides is 1. The number of aromatic nitrogens is 2. The fourth-order valence-electron chi connectivity index (χ4n) is 2.11. The monoisotopic (exact) mass is 438 g/mol. The number of carbonyl (C=O) groups is 1. The van der Waals surface area contributed by atoms with Gasteiger partial charge in [0.1, 0.15) is 6.10 Å². The summed E-state index contributed by atoms with van der Waals surface area (Å²) in [5.41, 5.74) is -1.35. The lowest BCUT2D eigenvalue weighted by molar-refractivity contribution is -0.134. The van der Waals surface area contributed by atoms with Crippen molar-refractivity contribution in [1.29, 1.82) is 0 Å². The summed E-state index contributed by atoms with van der Waals surface area (Å²) in [5.74, 6) is -0.651. The zero-order chi connectivity index (χ0) is 17.1. The molecule has 1 aromatic rings. The SMILES string of the molecule is COC(=O)C=Cc1cn([C@@H]2O[C@H](CO)[C@@H](O)[C@H]2I)c(=O)[nH]c1=O. The van der Waals surface area contributed by atoms with Gasteiger partial charge in [0, 0.05) is 12.3 Å². The van der Waals surface area contributed by atoms with E-state index in [4.69, 9.17) is 9.84 Å². The molecule has 0 aliphatic carbocycles. The molecule has 1 saturated heterocycles. The molecular formula is C13H15IN2O7. The molecule has 0 aromatic carbocycles. The Morgan fingerprint density at radius 3 is 2.83 bits per heavy atom. The van der Waals surface area contributed by atoms with Crippen molar-refractivity contribution in [3.05, 3.63) is 38.7 Å². The summed E-state index contributed by atoms with van der Waals surface area (Å²) >= 11 is 1.91. The Bertz CT molecular complexity index is 726. The van der Waals surface area contributed by atoms with Gasteiger partial charge in [0.15, 0.2) is 6.23 Å². The number of methoxy groups -OCH3 is 1. The number of aliphatic hydroxyl groups is 2. The second kappa shape index (κ2) is 7.38. The lowest BCUT2D eigenvalue weighted by Gasteiger charge is -2.17. The quantitative estimate of drug-likeness (QED) is 0.233. The van der Waals surface area contributed by atoms with Crippen LogP contribution in [0.2, 0.25) is 0 Å². The summed E-state index contributed by atoms with van der Waals surface area (Å²) in [4.78, 5) is 37.0. The Hall–Kier alpha value is -1.50. The van der Waals surface area contributed by atoms with E-state index in [1.807, 2.05) is 22.6 Å². The van der Waals surface area contributed by atoms with E-state index in [1.54, 1.807) is 0 Å². The van der Waals surface area contributed by atoms with Crippen LogP contribution in [-0.4, -0.2) is 55.6 Å². The van der Waals surface area contributed by atoms with E-state index in [2.05, 4.69) is 9.72 Å². The van der Waals surface area contributed by atoms with Gasteiger partial charge in [-0.05, 0) is 6.08 Å². The molecule has 9 nitrogen and oxygen atoms in total. The molecule has 1 aromatic heterocycles. The molecule has 0 unspecified atom stereocenters. The number of rotatable bonds is 4. The third-order valence-electron chi connectivity index (χ3n) is 3.34. The molecule has 0 amide bonds. The van der Waals surface area contributed by atoms with Crippen LogP contribution in [0.5, 0.6) is 0 Å². The first kappa shape index (κ1) is 17.8. The number of esters is 1. The zero-order valence-electron chi connectivity index (χ0n) is 12.0. The highest BCUT2D eigenvalue weighted by atomic mass is 127. The molecule has 1 aliphatic rings. The first-order valence-corrected chi connectivity index (χ1v) is 7.83. The van der Waals surface area contributed by atoms with E-state index in [0.717, 1.165) is 10.6 Å². The number of hydrogen-bond acceptors (Lipinski definition) is 7. The normalized spacial score (nSPS) is 27.5. The van der Waals surface area contributed by atoms with Crippen molar-refractivity contribution in [1.82, 2.24) is 9.55 Å². The van der Waals surface area contributed by atoms with Crippen molar-refractivity contribution in [3.8, 4) is 0 Å². The Labute approximate surface area is 143 Å². The molecule has 0 radical (unpaired) electrons. The summed E-state index contributed by atoms with van der Waals surface area (Å²) in [6.07, 6.45) is 0.828. The third-order valence-corrected chi connectivity index (χ3v) is 4.70. The topological polar surface area (TPSA) is 131 Å². The molecule has 0 saturated carbocycles. The molecule has 1 aliphatic heterocycles. The van der Waals surface area contributed by atoms with Crippen LogP contribution < -0.4 is 11.2 Å². The molecule has 3 N–H and O–H groups in total. The highest BCUT2D eigenvalue weighted by Gasteiger charge is 2.43. The summed E-state index contributed by atoms with van der Waals surface area (Å²) in [7, 11) is 1.20. The van der Waals surface area contributed by atoms with Crippen LogP contribution in [0.15, 0.2) is 21.9 Å². The highest BCUT2D eigenvalue weighted by molar-refractivity contribution is 14.1. The minimum Gasteiger partial charge on any atom is -0.466 e. The zero-order valence-corrected chi connectivity index (χ0v) is 14.2. The van der Waals surface area contributed by atoms with Crippen molar-refractivity contribution < 1.29 is 24.5 Å². The Morgan fingerprint density at radius 2 is 2.26 bits per heavy atom. The maximum atomic E-state index is 12.0.